The summed E-state index contributed by atoms with van der Waals surface area (Å²) in [7, 11) is 0. The van der Waals surface area contributed by atoms with E-state index in [1.807, 2.05) is 86.6 Å². The Morgan fingerprint density at radius 2 is 1.61 bits per heavy atom. The Morgan fingerprint density at radius 3 is 2.26 bits per heavy atom. The zero-order valence-corrected chi connectivity index (χ0v) is 36.3. The molecule has 330 valence electrons. The first-order valence-electron chi connectivity index (χ1n) is 21.0. The molecule has 16 nitrogen and oxygen atoms in total. The van der Waals surface area contributed by atoms with Gasteiger partial charge in [0, 0.05) is 50.3 Å². The molecule has 2 fully saturated rings. The first-order chi connectivity index (χ1) is 29.2. The Morgan fingerprint density at radius 1 is 0.951 bits per heavy atom. The summed E-state index contributed by atoms with van der Waals surface area (Å²) in [6.07, 6.45) is 0.788. The maximum Gasteiger partial charge on any atom is 0.319 e. The Bertz CT molecular complexity index is 1990. The molecule has 3 aromatic rings. The third-order valence-electron chi connectivity index (χ3n) is 11.4. The van der Waals surface area contributed by atoms with Gasteiger partial charge >= 0.3 is 6.03 Å². The summed E-state index contributed by atoms with van der Waals surface area (Å²) in [5.74, 6) is -1.16. The number of aliphatic hydroxyl groups excluding tert-OH is 1. The minimum absolute atomic E-state index is 0.00879. The van der Waals surface area contributed by atoms with Crippen molar-refractivity contribution in [1.82, 2.24) is 30.7 Å². The van der Waals surface area contributed by atoms with Gasteiger partial charge in [-0.1, -0.05) is 63.2 Å². The number of nitrogens with zero attached hydrogens (tertiary/aromatic N) is 3. The summed E-state index contributed by atoms with van der Waals surface area (Å²) >= 11 is 1.57. The topological polar surface area (TPSA) is 201 Å². The smallest absolute Gasteiger partial charge is 0.319 e. The Balaban J connectivity index is 0.831. The maximum absolute atomic E-state index is 13.9. The van der Waals surface area contributed by atoms with Gasteiger partial charge in [0.05, 0.1) is 73.8 Å². The average Bonchev–Trinajstić information content (AvgIpc) is 3.85. The molecule has 1 spiro atoms. The van der Waals surface area contributed by atoms with Crippen LogP contribution in [0.1, 0.15) is 69.7 Å². The lowest BCUT2D eigenvalue weighted by molar-refractivity contribution is -0.144. The van der Waals surface area contributed by atoms with Crippen LogP contribution in [0.2, 0.25) is 0 Å². The molecular formula is C44H59N7O9S. The lowest BCUT2D eigenvalue weighted by Crippen LogP contribution is -2.57. The quantitative estimate of drug-likeness (QED) is 0.118. The minimum Gasteiger partial charge on any atom is -0.391 e. The van der Waals surface area contributed by atoms with Crippen molar-refractivity contribution in [2.45, 2.75) is 90.1 Å². The second-order valence-electron chi connectivity index (χ2n) is 16.9. The van der Waals surface area contributed by atoms with Crippen molar-refractivity contribution in [2.75, 3.05) is 64.6 Å². The molecule has 0 radical (unpaired) electrons. The van der Waals surface area contributed by atoms with E-state index in [-0.39, 0.29) is 82.5 Å². The Kier molecular flexibility index (Phi) is 15.5. The number of hydrogen-bond donors (Lipinski definition) is 5. The molecule has 6 rings (SSSR count). The summed E-state index contributed by atoms with van der Waals surface area (Å²) in [5.41, 5.74) is 5.43. The molecule has 6 amide bonds. The fourth-order valence-corrected chi connectivity index (χ4v) is 8.83. The van der Waals surface area contributed by atoms with E-state index in [4.69, 9.17) is 14.2 Å². The normalized spacial score (nSPS) is 18.9. The second kappa shape index (κ2) is 20.8. The number of β-amino-alcohol motifs (C(OH)–C–C–N with tert-alkyl or cyclic N) is 1. The molecular weight excluding hydrogens is 803 g/mol. The third-order valence-corrected chi connectivity index (χ3v) is 12.4. The van der Waals surface area contributed by atoms with Crippen LogP contribution in [-0.4, -0.2) is 127 Å². The number of benzene rings is 2. The third kappa shape index (κ3) is 11.9. The fourth-order valence-electron chi connectivity index (χ4n) is 8.02. The molecule has 3 aliphatic heterocycles. The number of aliphatic hydroxyl groups is 1. The maximum atomic E-state index is 13.9. The van der Waals surface area contributed by atoms with E-state index in [9.17, 15) is 29.1 Å². The summed E-state index contributed by atoms with van der Waals surface area (Å²) in [4.78, 5) is 74.0. The highest BCUT2D eigenvalue weighted by atomic mass is 32.1. The molecule has 17 heteroatoms. The lowest BCUT2D eigenvalue weighted by atomic mass is 9.79. The molecule has 0 bridgehead atoms. The number of anilines is 1. The zero-order valence-electron chi connectivity index (χ0n) is 35.5. The number of para-hydroxylation sites is 1. The van der Waals surface area contributed by atoms with E-state index < -0.39 is 35.0 Å². The van der Waals surface area contributed by atoms with Gasteiger partial charge < -0.3 is 50.4 Å². The average molecular weight is 862 g/mol. The molecule has 1 aromatic heterocycles. The molecule has 0 unspecified atom stereocenters. The van der Waals surface area contributed by atoms with Crippen LogP contribution < -0.4 is 21.3 Å². The van der Waals surface area contributed by atoms with Crippen molar-refractivity contribution in [3.05, 3.63) is 70.9 Å². The molecule has 2 aromatic carbocycles. The number of ether oxygens (including phenoxy) is 3. The van der Waals surface area contributed by atoms with Gasteiger partial charge in [-0.2, -0.15) is 0 Å². The second-order valence-corrected chi connectivity index (χ2v) is 17.7. The standard InChI is InChI=1S/C44H59N7O9S/c1-29-38(61-28-46-29)31-11-9-30(10-12-31)26-45-40(55)35-25-32(52)27-51(35)41(56)39(43(2,3)4)48-36(53)13-19-58-21-23-60-24-22-59-20-14-37(54)50-17-15-44(16-18-50)33-7-5-6-8-34(33)47-42(57)49-44/h5-12,28,32,35,39,52H,13-27H2,1-4H3,(H,45,55)(H,48,53)(H2,47,49,57)/t32-,35+,39-/m1/s1. The van der Waals surface area contributed by atoms with Crippen LogP contribution in [0.3, 0.4) is 0 Å². The molecule has 61 heavy (non-hydrogen) atoms. The Labute approximate surface area is 361 Å². The lowest BCUT2D eigenvalue weighted by Gasteiger charge is -2.45. The number of aromatic nitrogens is 1. The van der Waals surface area contributed by atoms with E-state index in [0.29, 0.717) is 39.1 Å². The van der Waals surface area contributed by atoms with Crippen LogP contribution >= 0.6 is 11.3 Å². The van der Waals surface area contributed by atoms with Gasteiger partial charge in [0.15, 0.2) is 0 Å². The van der Waals surface area contributed by atoms with Gasteiger partial charge in [-0.25, -0.2) is 9.78 Å². The number of urea groups is 1. The first kappa shape index (κ1) is 45.6. The molecule has 5 N–H and O–H groups in total. The van der Waals surface area contributed by atoms with Crippen molar-refractivity contribution in [3.63, 3.8) is 0 Å². The van der Waals surface area contributed by atoms with Crippen molar-refractivity contribution >= 4 is 46.7 Å². The van der Waals surface area contributed by atoms with Crippen LogP contribution in [0.4, 0.5) is 10.5 Å². The molecule has 0 saturated carbocycles. The highest BCUT2D eigenvalue weighted by Gasteiger charge is 2.45. The molecule has 4 heterocycles. The van der Waals surface area contributed by atoms with Gasteiger partial charge in [0.1, 0.15) is 12.1 Å². The van der Waals surface area contributed by atoms with Gasteiger partial charge in [0.2, 0.25) is 23.6 Å². The van der Waals surface area contributed by atoms with Crippen LogP contribution in [0.25, 0.3) is 10.4 Å². The highest BCUT2D eigenvalue weighted by molar-refractivity contribution is 7.13. The fraction of sp³-hybridized carbons (Fsp3) is 0.545. The van der Waals surface area contributed by atoms with Crippen molar-refractivity contribution < 1.29 is 43.3 Å². The predicted octanol–water partition coefficient (Wildman–Crippen LogP) is 3.71. The van der Waals surface area contributed by atoms with Gasteiger partial charge in [0.25, 0.3) is 0 Å². The first-order valence-corrected chi connectivity index (χ1v) is 21.9. The predicted molar refractivity (Wildman–Crippen MR) is 229 cm³/mol. The number of hydrogen-bond acceptors (Lipinski definition) is 11. The van der Waals surface area contributed by atoms with Crippen LogP contribution in [0.5, 0.6) is 0 Å². The van der Waals surface area contributed by atoms with Crippen LogP contribution in [0, 0.1) is 12.3 Å². The number of rotatable bonds is 18. The largest absolute Gasteiger partial charge is 0.391 e. The molecule has 0 aliphatic carbocycles. The van der Waals surface area contributed by atoms with Crippen LogP contribution in [-0.2, 0) is 45.5 Å². The summed E-state index contributed by atoms with van der Waals surface area (Å²) in [6, 6.07) is 13.6. The molecule has 3 aliphatic rings. The number of carbonyl (C=O) groups excluding carboxylic acids is 5. The van der Waals surface area contributed by atoms with E-state index in [1.54, 1.807) is 11.3 Å². The number of thiazole rings is 1. The van der Waals surface area contributed by atoms with E-state index >= 15 is 0 Å². The van der Waals surface area contributed by atoms with Crippen molar-refractivity contribution in [3.8, 4) is 10.4 Å². The Hall–Kier alpha value is -4.94. The highest BCUT2D eigenvalue weighted by Crippen LogP contribution is 2.39. The van der Waals surface area contributed by atoms with Gasteiger partial charge in [-0.05, 0) is 42.4 Å². The number of piperidine rings is 1. The van der Waals surface area contributed by atoms with Crippen molar-refractivity contribution in [2.24, 2.45) is 5.41 Å². The number of likely N-dealkylation sites (tertiary alicyclic amines) is 2. The molecule has 3 atom stereocenters. The van der Waals surface area contributed by atoms with Crippen molar-refractivity contribution in [1.29, 1.82) is 0 Å². The minimum atomic E-state index is -0.935. The zero-order chi connectivity index (χ0) is 43.6. The number of nitrogens with one attached hydrogen (secondary N) is 4. The summed E-state index contributed by atoms with van der Waals surface area (Å²) in [5, 5.41) is 22.2. The van der Waals surface area contributed by atoms with E-state index in [2.05, 4.69) is 26.3 Å². The monoisotopic (exact) mass is 861 g/mol. The summed E-state index contributed by atoms with van der Waals surface area (Å²) in [6.45, 7) is 10.4. The van der Waals surface area contributed by atoms with E-state index in [1.165, 1.54) is 4.90 Å². The SMILES string of the molecule is Cc1ncsc1-c1ccc(CNC(=O)[C@@H]2C[C@@H](O)CN2C(=O)[C@@H](NC(=O)CCOCCOCCOCCC(=O)N2CCC3(CC2)NC(=O)Nc2ccccc23)C(C)(C)C)cc1. The summed E-state index contributed by atoms with van der Waals surface area (Å²) < 4.78 is 16.8. The van der Waals surface area contributed by atoms with Gasteiger partial charge in [-0.3, -0.25) is 19.2 Å². The van der Waals surface area contributed by atoms with E-state index in [0.717, 1.165) is 32.9 Å². The number of amides is 6. The number of fused-ring (bicyclic) bond motifs is 2. The van der Waals surface area contributed by atoms with Crippen LogP contribution in [0.15, 0.2) is 54.0 Å². The number of aryl methyl sites for hydroxylation is 1. The molecule has 2 saturated heterocycles. The van der Waals surface area contributed by atoms with Gasteiger partial charge in [-0.15, -0.1) is 11.3 Å². The number of carbonyl (C=O) groups is 5.